The SMILES string of the molecule is O=C(CSc1n[nH]c(=O)[nH]1)NC1CCCCC1. The maximum absolute atomic E-state index is 11.6. The minimum absolute atomic E-state index is 0.00532. The van der Waals surface area contributed by atoms with Crippen molar-refractivity contribution in [3.8, 4) is 0 Å². The Balaban J connectivity index is 1.71. The standard InChI is InChI=1S/C10H16N4O2S/c15-8(11-7-4-2-1-3-5-7)6-17-10-12-9(16)13-14-10/h7H,1-6H2,(H,11,15)(H2,12,13,14,16). The van der Waals surface area contributed by atoms with Crippen LogP contribution >= 0.6 is 11.8 Å². The maximum atomic E-state index is 11.6. The van der Waals surface area contributed by atoms with Crippen molar-refractivity contribution in [2.45, 2.75) is 43.3 Å². The van der Waals surface area contributed by atoms with Crippen molar-refractivity contribution < 1.29 is 4.79 Å². The predicted octanol–water partition coefficient (Wildman–Crippen LogP) is 0.639. The highest BCUT2D eigenvalue weighted by atomic mass is 32.2. The van der Waals surface area contributed by atoms with E-state index < -0.39 is 0 Å². The van der Waals surface area contributed by atoms with Crippen molar-refractivity contribution in [2.24, 2.45) is 0 Å². The molecule has 0 unspecified atom stereocenters. The zero-order valence-corrected chi connectivity index (χ0v) is 10.3. The molecule has 0 aliphatic heterocycles. The van der Waals surface area contributed by atoms with E-state index in [0.717, 1.165) is 12.8 Å². The van der Waals surface area contributed by atoms with Crippen molar-refractivity contribution in [3.63, 3.8) is 0 Å². The van der Waals surface area contributed by atoms with E-state index in [1.165, 1.54) is 31.0 Å². The van der Waals surface area contributed by atoms with E-state index >= 15 is 0 Å². The van der Waals surface area contributed by atoms with E-state index in [4.69, 9.17) is 0 Å². The summed E-state index contributed by atoms with van der Waals surface area (Å²) in [6.07, 6.45) is 5.83. The second kappa shape index (κ2) is 5.90. The average molecular weight is 256 g/mol. The molecule has 1 aromatic heterocycles. The topological polar surface area (TPSA) is 90.6 Å². The Morgan fingerprint density at radius 2 is 2.18 bits per heavy atom. The molecular weight excluding hydrogens is 240 g/mol. The molecule has 1 heterocycles. The van der Waals surface area contributed by atoms with Crippen molar-refractivity contribution in [1.82, 2.24) is 20.5 Å². The fourth-order valence-corrected chi connectivity index (χ4v) is 2.60. The third kappa shape index (κ3) is 3.92. The van der Waals surface area contributed by atoms with Gasteiger partial charge in [0.1, 0.15) is 0 Å². The molecule has 1 aliphatic rings. The summed E-state index contributed by atoms with van der Waals surface area (Å²) in [6, 6.07) is 0.329. The lowest BCUT2D eigenvalue weighted by Crippen LogP contribution is -2.37. The number of H-pyrrole nitrogens is 2. The second-order valence-corrected chi connectivity index (χ2v) is 5.14. The second-order valence-electron chi connectivity index (χ2n) is 4.17. The Kier molecular flexibility index (Phi) is 4.24. The summed E-state index contributed by atoms with van der Waals surface area (Å²) >= 11 is 1.23. The van der Waals surface area contributed by atoms with Crippen LogP contribution in [0.4, 0.5) is 0 Å². The predicted molar refractivity (Wildman–Crippen MR) is 64.9 cm³/mol. The van der Waals surface area contributed by atoms with Crippen LogP contribution in [0.5, 0.6) is 0 Å². The number of carbonyl (C=O) groups excluding carboxylic acids is 1. The molecule has 0 radical (unpaired) electrons. The van der Waals surface area contributed by atoms with E-state index in [-0.39, 0.29) is 17.3 Å². The van der Waals surface area contributed by atoms with Gasteiger partial charge in [-0.1, -0.05) is 31.0 Å². The molecule has 94 valence electrons. The molecule has 1 saturated carbocycles. The smallest absolute Gasteiger partial charge is 0.341 e. The van der Waals surface area contributed by atoms with E-state index in [1.54, 1.807) is 0 Å². The fourth-order valence-electron chi connectivity index (χ4n) is 1.97. The van der Waals surface area contributed by atoms with Crippen molar-refractivity contribution in [2.75, 3.05) is 5.75 Å². The Hall–Kier alpha value is -1.24. The highest BCUT2D eigenvalue weighted by Gasteiger charge is 2.15. The summed E-state index contributed by atoms with van der Waals surface area (Å²) in [5.41, 5.74) is -0.347. The zero-order chi connectivity index (χ0) is 12.1. The van der Waals surface area contributed by atoms with Gasteiger partial charge in [-0.2, -0.15) is 0 Å². The lowest BCUT2D eigenvalue weighted by atomic mass is 9.95. The van der Waals surface area contributed by atoms with Crippen LogP contribution in [0.25, 0.3) is 0 Å². The number of hydrogen-bond donors (Lipinski definition) is 3. The van der Waals surface area contributed by atoms with Crippen LogP contribution in [0.1, 0.15) is 32.1 Å². The van der Waals surface area contributed by atoms with Gasteiger partial charge in [-0.3, -0.25) is 9.78 Å². The quantitative estimate of drug-likeness (QED) is 0.689. The third-order valence-corrected chi connectivity index (χ3v) is 3.66. The van der Waals surface area contributed by atoms with Gasteiger partial charge < -0.3 is 5.32 Å². The number of rotatable bonds is 4. The van der Waals surface area contributed by atoms with Crippen LogP contribution in [0, 0.1) is 0 Å². The maximum Gasteiger partial charge on any atom is 0.341 e. The van der Waals surface area contributed by atoms with Crippen LogP contribution < -0.4 is 11.0 Å². The largest absolute Gasteiger partial charge is 0.353 e. The van der Waals surface area contributed by atoms with E-state index in [2.05, 4.69) is 20.5 Å². The van der Waals surface area contributed by atoms with Gasteiger partial charge in [-0.15, -0.1) is 5.10 Å². The number of nitrogens with zero attached hydrogens (tertiary/aromatic N) is 1. The van der Waals surface area contributed by atoms with Crippen LogP contribution in [0.2, 0.25) is 0 Å². The first kappa shape index (κ1) is 12.2. The Morgan fingerprint density at radius 3 is 2.82 bits per heavy atom. The molecule has 6 nitrogen and oxygen atoms in total. The normalized spacial score (nSPS) is 16.9. The minimum Gasteiger partial charge on any atom is -0.353 e. The molecule has 17 heavy (non-hydrogen) atoms. The molecule has 1 fully saturated rings. The van der Waals surface area contributed by atoms with Gasteiger partial charge in [0.25, 0.3) is 0 Å². The molecule has 7 heteroatoms. The summed E-state index contributed by atoms with van der Waals surface area (Å²) in [6.45, 7) is 0. The van der Waals surface area contributed by atoms with Crippen LogP contribution in [0.15, 0.2) is 9.95 Å². The third-order valence-electron chi connectivity index (χ3n) is 2.79. The Morgan fingerprint density at radius 1 is 1.41 bits per heavy atom. The van der Waals surface area contributed by atoms with Gasteiger partial charge in [0, 0.05) is 6.04 Å². The number of amides is 1. The summed E-state index contributed by atoms with van der Waals surface area (Å²) in [5.74, 6) is 0.294. The van der Waals surface area contributed by atoms with Crippen molar-refractivity contribution >= 4 is 17.7 Å². The molecule has 2 rings (SSSR count). The zero-order valence-electron chi connectivity index (χ0n) is 9.49. The molecule has 0 atom stereocenters. The highest BCUT2D eigenvalue weighted by molar-refractivity contribution is 7.99. The minimum atomic E-state index is -0.347. The number of thioether (sulfide) groups is 1. The van der Waals surface area contributed by atoms with E-state index in [9.17, 15) is 9.59 Å². The summed E-state index contributed by atoms with van der Waals surface area (Å²) in [4.78, 5) is 24.9. The van der Waals surface area contributed by atoms with Gasteiger partial charge in [0.15, 0.2) is 5.16 Å². The van der Waals surface area contributed by atoms with Gasteiger partial charge in [0.2, 0.25) is 5.91 Å². The first-order valence-corrected chi connectivity index (χ1v) is 6.79. The summed E-state index contributed by atoms with van der Waals surface area (Å²) in [5, 5.41) is 9.44. The number of carbonyl (C=O) groups is 1. The highest BCUT2D eigenvalue weighted by Crippen LogP contribution is 2.17. The average Bonchev–Trinajstić information content (AvgIpc) is 2.74. The molecule has 1 aliphatic carbocycles. The first-order valence-electron chi connectivity index (χ1n) is 5.81. The lowest BCUT2D eigenvalue weighted by molar-refractivity contribution is -0.119. The number of nitrogens with one attached hydrogen (secondary N) is 3. The molecule has 1 aromatic rings. The molecule has 0 saturated heterocycles. The molecular formula is C10H16N4O2S. The van der Waals surface area contributed by atoms with Gasteiger partial charge >= 0.3 is 5.69 Å². The Bertz CT molecular complexity index is 422. The monoisotopic (exact) mass is 256 g/mol. The molecule has 1 amide bonds. The van der Waals surface area contributed by atoms with Gasteiger partial charge in [-0.25, -0.2) is 9.89 Å². The van der Waals surface area contributed by atoms with Crippen LogP contribution in [0.3, 0.4) is 0 Å². The number of aromatic nitrogens is 3. The fraction of sp³-hybridized carbons (Fsp3) is 0.700. The Labute approximate surface area is 103 Å². The van der Waals surface area contributed by atoms with Crippen molar-refractivity contribution in [3.05, 3.63) is 10.5 Å². The molecule has 0 aromatic carbocycles. The molecule has 0 bridgehead atoms. The first-order chi connectivity index (χ1) is 8.24. The van der Waals surface area contributed by atoms with Crippen LogP contribution in [-0.4, -0.2) is 32.9 Å². The number of aromatic amines is 2. The van der Waals surface area contributed by atoms with Crippen LogP contribution in [-0.2, 0) is 4.79 Å². The van der Waals surface area contributed by atoms with Gasteiger partial charge in [-0.05, 0) is 12.8 Å². The van der Waals surface area contributed by atoms with E-state index in [0.29, 0.717) is 11.2 Å². The summed E-state index contributed by atoms with van der Waals surface area (Å²) < 4.78 is 0. The van der Waals surface area contributed by atoms with Crippen molar-refractivity contribution in [1.29, 1.82) is 0 Å². The molecule has 0 spiro atoms. The molecule has 3 N–H and O–H groups in total. The number of hydrogen-bond acceptors (Lipinski definition) is 4. The lowest BCUT2D eigenvalue weighted by Gasteiger charge is -2.22. The van der Waals surface area contributed by atoms with Gasteiger partial charge in [0.05, 0.1) is 5.75 Å². The summed E-state index contributed by atoms with van der Waals surface area (Å²) in [7, 11) is 0. The van der Waals surface area contributed by atoms with E-state index in [1.807, 2.05) is 0 Å².